The molecule has 0 saturated heterocycles. The van der Waals surface area contributed by atoms with Gasteiger partial charge in [0.1, 0.15) is 5.01 Å². The Morgan fingerprint density at radius 1 is 1.24 bits per heavy atom. The maximum absolute atomic E-state index is 6.36. The fourth-order valence-electron chi connectivity index (χ4n) is 2.60. The van der Waals surface area contributed by atoms with Crippen molar-refractivity contribution >= 4 is 22.9 Å². The highest BCUT2D eigenvalue weighted by atomic mass is 35.5. The van der Waals surface area contributed by atoms with E-state index < -0.39 is 0 Å². The third-order valence-electron chi connectivity index (χ3n) is 3.65. The molecule has 2 aliphatic rings. The number of ether oxygens (including phenoxy) is 2. The summed E-state index contributed by atoms with van der Waals surface area (Å²) in [6, 6.07) is 3.91. The van der Waals surface area contributed by atoms with Crippen molar-refractivity contribution in [1.29, 1.82) is 0 Å². The summed E-state index contributed by atoms with van der Waals surface area (Å²) in [4.78, 5) is 6.08. The zero-order valence-corrected chi connectivity index (χ0v) is 13.0. The number of halogens is 1. The van der Waals surface area contributed by atoms with E-state index in [1.54, 1.807) is 11.3 Å². The molecule has 0 amide bonds. The first-order valence-electron chi connectivity index (χ1n) is 7.10. The number of nitrogens with one attached hydrogen (secondary N) is 1. The summed E-state index contributed by atoms with van der Waals surface area (Å²) in [6.07, 6.45) is 1.86. The molecule has 0 radical (unpaired) electrons. The van der Waals surface area contributed by atoms with E-state index in [1.807, 2.05) is 12.1 Å². The van der Waals surface area contributed by atoms with Crippen molar-refractivity contribution in [1.82, 2.24) is 10.3 Å². The summed E-state index contributed by atoms with van der Waals surface area (Å²) < 4.78 is 11.4. The van der Waals surface area contributed by atoms with Gasteiger partial charge in [0, 0.05) is 36.4 Å². The molecule has 0 fully saturated rings. The number of aromatic nitrogens is 1. The lowest BCUT2D eigenvalue weighted by molar-refractivity contribution is 0.297. The van der Waals surface area contributed by atoms with Gasteiger partial charge in [-0.05, 0) is 12.1 Å². The average Bonchev–Trinajstić information content (AvgIpc) is 2.78. The molecular formula is C15H15ClN2O2S. The fraction of sp³-hybridized carbons (Fsp3) is 0.400. The predicted octanol–water partition coefficient (Wildman–Crippen LogP) is 3.27. The summed E-state index contributed by atoms with van der Waals surface area (Å²) in [5.41, 5.74) is 2.21. The van der Waals surface area contributed by atoms with Crippen LogP contribution < -0.4 is 14.8 Å². The van der Waals surface area contributed by atoms with Crippen molar-refractivity contribution in [3.8, 4) is 22.1 Å². The Hall–Kier alpha value is -1.30. The SMILES string of the molecule is Clc1cc(-c2nc3c(s2)CNCC3)cc2c1OCCCO2. The van der Waals surface area contributed by atoms with Crippen LogP contribution >= 0.6 is 22.9 Å². The number of hydrogen-bond acceptors (Lipinski definition) is 5. The minimum absolute atomic E-state index is 0.593. The molecule has 0 saturated carbocycles. The molecule has 6 heteroatoms. The van der Waals surface area contributed by atoms with Crippen LogP contribution in [0.3, 0.4) is 0 Å². The molecule has 1 aromatic carbocycles. The van der Waals surface area contributed by atoms with Crippen molar-refractivity contribution in [3.05, 3.63) is 27.7 Å². The zero-order valence-electron chi connectivity index (χ0n) is 11.4. The van der Waals surface area contributed by atoms with Crippen molar-refractivity contribution in [2.24, 2.45) is 0 Å². The smallest absolute Gasteiger partial charge is 0.179 e. The van der Waals surface area contributed by atoms with Gasteiger partial charge in [-0.25, -0.2) is 4.98 Å². The van der Waals surface area contributed by atoms with Gasteiger partial charge in [0.25, 0.3) is 0 Å². The largest absolute Gasteiger partial charge is 0.489 e. The van der Waals surface area contributed by atoms with Crippen LogP contribution in [0.25, 0.3) is 10.6 Å². The van der Waals surface area contributed by atoms with Gasteiger partial charge in [0.15, 0.2) is 11.5 Å². The Labute approximate surface area is 132 Å². The molecule has 4 nitrogen and oxygen atoms in total. The molecular weight excluding hydrogens is 308 g/mol. The van der Waals surface area contributed by atoms with E-state index >= 15 is 0 Å². The Morgan fingerprint density at radius 2 is 2.14 bits per heavy atom. The lowest BCUT2D eigenvalue weighted by Crippen LogP contribution is -2.22. The summed E-state index contributed by atoms with van der Waals surface area (Å²) in [6.45, 7) is 3.21. The molecule has 2 aromatic rings. The highest BCUT2D eigenvalue weighted by Gasteiger charge is 2.20. The van der Waals surface area contributed by atoms with E-state index in [0.717, 1.165) is 42.3 Å². The highest BCUT2D eigenvalue weighted by molar-refractivity contribution is 7.15. The lowest BCUT2D eigenvalue weighted by atomic mass is 10.2. The Kier molecular flexibility index (Phi) is 3.49. The fourth-order valence-corrected chi connectivity index (χ4v) is 3.93. The highest BCUT2D eigenvalue weighted by Crippen LogP contribution is 2.42. The summed E-state index contributed by atoms with van der Waals surface area (Å²) in [5.74, 6) is 1.38. The zero-order chi connectivity index (χ0) is 14.2. The molecule has 0 atom stereocenters. The van der Waals surface area contributed by atoms with Crippen molar-refractivity contribution in [3.63, 3.8) is 0 Å². The van der Waals surface area contributed by atoms with Crippen LogP contribution in [0.1, 0.15) is 17.0 Å². The van der Waals surface area contributed by atoms with E-state index in [1.165, 1.54) is 10.6 Å². The Morgan fingerprint density at radius 3 is 3.05 bits per heavy atom. The Balaban J connectivity index is 1.76. The number of rotatable bonds is 1. The van der Waals surface area contributed by atoms with E-state index in [0.29, 0.717) is 24.0 Å². The monoisotopic (exact) mass is 322 g/mol. The average molecular weight is 323 g/mol. The first kappa shape index (κ1) is 13.4. The summed E-state index contributed by atoms with van der Waals surface area (Å²) in [7, 11) is 0. The van der Waals surface area contributed by atoms with Crippen LogP contribution in [-0.4, -0.2) is 24.7 Å². The third kappa shape index (κ3) is 2.50. The third-order valence-corrected chi connectivity index (χ3v) is 5.08. The molecule has 0 spiro atoms. The van der Waals surface area contributed by atoms with Crippen LogP contribution in [0, 0.1) is 0 Å². The maximum atomic E-state index is 6.36. The number of benzene rings is 1. The van der Waals surface area contributed by atoms with Crippen LogP contribution in [0.2, 0.25) is 5.02 Å². The van der Waals surface area contributed by atoms with E-state index in [9.17, 15) is 0 Å². The molecule has 0 aliphatic carbocycles. The molecule has 3 heterocycles. The molecule has 110 valence electrons. The quantitative estimate of drug-likeness (QED) is 0.875. The second kappa shape index (κ2) is 5.48. The van der Waals surface area contributed by atoms with Crippen LogP contribution in [0.4, 0.5) is 0 Å². The van der Waals surface area contributed by atoms with Crippen molar-refractivity contribution < 1.29 is 9.47 Å². The first-order valence-corrected chi connectivity index (χ1v) is 8.29. The van der Waals surface area contributed by atoms with Crippen molar-refractivity contribution in [2.75, 3.05) is 19.8 Å². The Bertz CT molecular complexity index is 663. The van der Waals surface area contributed by atoms with Crippen LogP contribution in [-0.2, 0) is 13.0 Å². The van der Waals surface area contributed by atoms with Gasteiger partial charge in [-0.3, -0.25) is 0 Å². The number of nitrogens with zero attached hydrogens (tertiary/aromatic N) is 1. The first-order chi connectivity index (χ1) is 10.3. The second-order valence-electron chi connectivity index (χ2n) is 5.15. The van der Waals surface area contributed by atoms with Gasteiger partial charge in [-0.15, -0.1) is 11.3 Å². The van der Waals surface area contributed by atoms with E-state index in [4.69, 9.17) is 26.1 Å². The molecule has 21 heavy (non-hydrogen) atoms. The topological polar surface area (TPSA) is 43.4 Å². The number of thiazole rings is 1. The van der Waals surface area contributed by atoms with E-state index in [-0.39, 0.29) is 0 Å². The lowest BCUT2D eigenvalue weighted by Gasteiger charge is -2.10. The molecule has 2 aliphatic heterocycles. The molecule has 0 unspecified atom stereocenters. The predicted molar refractivity (Wildman–Crippen MR) is 83.6 cm³/mol. The van der Waals surface area contributed by atoms with E-state index in [2.05, 4.69) is 5.32 Å². The standard InChI is InChI=1S/C15H15ClN2O2S/c16-10-6-9(7-12-14(10)20-5-1-4-19-12)15-18-11-2-3-17-8-13(11)21-15/h6-7,17H,1-5,8H2. The minimum Gasteiger partial charge on any atom is -0.489 e. The number of hydrogen-bond donors (Lipinski definition) is 1. The van der Waals surface area contributed by atoms with Gasteiger partial charge in [0.05, 0.1) is 23.9 Å². The molecule has 1 N–H and O–H groups in total. The molecule has 0 bridgehead atoms. The van der Waals surface area contributed by atoms with Crippen molar-refractivity contribution in [2.45, 2.75) is 19.4 Å². The molecule has 1 aromatic heterocycles. The minimum atomic E-state index is 0.593. The maximum Gasteiger partial charge on any atom is 0.179 e. The van der Waals surface area contributed by atoms with Crippen LogP contribution in [0.15, 0.2) is 12.1 Å². The summed E-state index contributed by atoms with van der Waals surface area (Å²) >= 11 is 8.08. The van der Waals surface area contributed by atoms with Gasteiger partial charge >= 0.3 is 0 Å². The second-order valence-corrected chi connectivity index (χ2v) is 6.64. The number of fused-ring (bicyclic) bond motifs is 2. The molecule has 4 rings (SSSR count). The van der Waals surface area contributed by atoms with Crippen LogP contribution in [0.5, 0.6) is 11.5 Å². The van der Waals surface area contributed by atoms with Gasteiger partial charge in [0.2, 0.25) is 0 Å². The van der Waals surface area contributed by atoms with Gasteiger partial charge in [-0.1, -0.05) is 11.6 Å². The summed E-state index contributed by atoms with van der Waals surface area (Å²) in [5, 5.41) is 4.97. The normalized spacial score (nSPS) is 17.2. The van der Waals surface area contributed by atoms with Gasteiger partial charge in [-0.2, -0.15) is 0 Å². The van der Waals surface area contributed by atoms with Gasteiger partial charge < -0.3 is 14.8 Å².